The predicted octanol–water partition coefficient (Wildman–Crippen LogP) is 3.21. The Balaban J connectivity index is 2.18. The lowest BCUT2D eigenvalue weighted by Crippen LogP contribution is -2.36. The topological polar surface area (TPSA) is 3.24 Å². The fourth-order valence-electron chi connectivity index (χ4n) is 2.46. The molecule has 0 aromatic rings. The molecular formula is C12H25NS. The summed E-state index contributed by atoms with van der Waals surface area (Å²) >= 11 is 4.25. The molecule has 0 bridgehead atoms. The van der Waals surface area contributed by atoms with Crippen LogP contribution in [0, 0.1) is 5.92 Å². The molecule has 0 N–H and O–H groups in total. The molecule has 1 aliphatic carbocycles. The molecule has 2 unspecified atom stereocenters. The first kappa shape index (κ1) is 12.4. The number of unbranched alkanes of at least 4 members (excludes halogenated alkanes) is 1. The van der Waals surface area contributed by atoms with Gasteiger partial charge in [-0.3, -0.25) is 0 Å². The highest BCUT2D eigenvalue weighted by atomic mass is 32.1. The van der Waals surface area contributed by atoms with Gasteiger partial charge in [0, 0.05) is 6.04 Å². The maximum atomic E-state index is 4.25. The van der Waals surface area contributed by atoms with E-state index in [1.165, 1.54) is 45.1 Å². The highest BCUT2D eigenvalue weighted by Crippen LogP contribution is 2.26. The van der Waals surface area contributed by atoms with Crippen molar-refractivity contribution in [2.45, 2.75) is 51.5 Å². The Bertz CT molecular complexity index is 149. The van der Waals surface area contributed by atoms with Crippen molar-refractivity contribution in [3.8, 4) is 0 Å². The number of rotatable bonds is 5. The molecule has 1 saturated carbocycles. The molecule has 84 valence electrons. The van der Waals surface area contributed by atoms with Gasteiger partial charge in [0.1, 0.15) is 0 Å². The fraction of sp³-hybridized carbons (Fsp3) is 1.00. The molecule has 0 spiro atoms. The van der Waals surface area contributed by atoms with Crippen LogP contribution in [0.25, 0.3) is 0 Å². The average molecular weight is 215 g/mol. The first-order valence-electron chi connectivity index (χ1n) is 6.05. The van der Waals surface area contributed by atoms with Crippen LogP contribution in [0.3, 0.4) is 0 Å². The van der Waals surface area contributed by atoms with Gasteiger partial charge >= 0.3 is 0 Å². The predicted molar refractivity (Wildman–Crippen MR) is 67.1 cm³/mol. The molecule has 0 saturated heterocycles. The van der Waals surface area contributed by atoms with Gasteiger partial charge in [0.05, 0.1) is 0 Å². The second-order valence-corrected chi connectivity index (χ2v) is 5.28. The van der Waals surface area contributed by atoms with E-state index >= 15 is 0 Å². The van der Waals surface area contributed by atoms with Crippen LogP contribution in [-0.2, 0) is 0 Å². The first-order chi connectivity index (χ1) is 6.74. The zero-order chi connectivity index (χ0) is 10.4. The lowest BCUT2D eigenvalue weighted by Gasteiger charge is -2.34. The first-order valence-corrected chi connectivity index (χ1v) is 6.68. The largest absolute Gasteiger partial charge is 0.303 e. The van der Waals surface area contributed by atoms with Crippen LogP contribution in [0.2, 0.25) is 0 Å². The Kier molecular flexibility index (Phi) is 5.95. The molecule has 1 aliphatic rings. The lowest BCUT2D eigenvalue weighted by molar-refractivity contribution is 0.162. The normalized spacial score (nSPS) is 28.3. The summed E-state index contributed by atoms with van der Waals surface area (Å²) in [5.41, 5.74) is 0. The van der Waals surface area contributed by atoms with Crippen LogP contribution in [0.1, 0.15) is 45.4 Å². The second-order valence-electron chi connectivity index (χ2n) is 4.84. The number of hydrogen-bond acceptors (Lipinski definition) is 2. The van der Waals surface area contributed by atoms with Gasteiger partial charge in [0.2, 0.25) is 0 Å². The minimum absolute atomic E-state index is 0.860. The van der Waals surface area contributed by atoms with Crippen LogP contribution in [0.4, 0.5) is 0 Å². The third kappa shape index (κ3) is 4.22. The number of nitrogens with zero attached hydrogens (tertiary/aromatic N) is 1. The molecule has 0 aromatic heterocycles. The van der Waals surface area contributed by atoms with Crippen LogP contribution in [0.5, 0.6) is 0 Å². The van der Waals surface area contributed by atoms with Gasteiger partial charge < -0.3 is 4.90 Å². The van der Waals surface area contributed by atoms with Crippen LogP contribution in [0.15, 0.2) is 0 Å². The van der Waals surface area contributed by atoms with E-state index in [1.807, 2.05) is 0 Å². The molecule has 1 fully saturated rings. The summed E-state index contributed by atoms with van der Waals surface area (Å²) in [5.74, 6) is 1.98. The monoisotopic (exact) mass is 215 g/mol. The van der Waals surface area contributed by atoms with Crippen molar-refractivity contribution in [1.82, 2.24) is 4.90 Å². The Hall–Kier alpha value is 0.310. The molecule has 1 rings (SSSR count). The zero-order valence-electron chi connectivity index (χ0n) is 9.71. The Morgan fingerprint density at radius 2 is 2.07 bits per heavy atom. The number of hydrogen-bond donors (Lipinski definition) is 1. The Labute approximate surface area is 94.7 Å². The van der Waals surface area contributed by atoms with Crippen molar-refractivity contribution in [2.24, 2.45) is 5.92 Å². The summed E-state index contributed by atoms with van der Waals surface area (Å²) < 4.78 is 0. The standard InChI is InChI=1S/C12H25NS/c1-11-6-5-7-12(10-11)13(2)8-3-4-9-14/h11-12,14H,3-10H2,1-2H3. The molecule has 14 heavy (non-hydrogen) atoms. The van der Waals surface area contributed by atoms with Gasteiger partial charge in [-0.1, -0.05) is 19.8 Å². The molecule has 1 nitrogen and oxygen atoms in total. The van der Waals surface area contributed by atoms with Gasteiger partial charge in [0.15, 0.2) is 0 Å². The smallest absolute Gasteiger partial charge is 0.00947 e. The van der Waals surface area contributed by atoms with E-state index in [4.69, 9.17) is 0 Å². The third-order valence-corrected chi connectivity index (χ3v) is 3.77. The van der Waals surface area contributed by atoms with Crippen molar-refractivity contribution >= 4 is 12.6 Å². The SMILES string of the molecule is CC1CCCC(N(C)CCCCS)C1. The molecule has 0 aliphatic heterocycles. The second kappa shape index (κ2) is 6.73. The minimum atomic E-state index is 0.860. The van der Waals surface area contributed by atoms with E-state index in [0.29, 0.717) is 0 Å². The van der Waals surface area contributed by atoms with Crippen molar-refractivity contribution < 1.29 is 0 Å². The van der Waals surface area contributed by atoms with Crippen molar-refractivity contribution in [1.29, 1.82) is 0 Å². The summed E-state index contributed by atoms with van der Waals surface area (Å²) in [6.07, 6.45) is 8.28. The molecule has 0 radical (unpaired) electrons. The van der Waals surface area contributed by atoms with Gasteiger partial charge in [-0.25, -0.2) is 0 Å². The average Bonchev–Trinajstić information content (AvgIpc) is 2.18. The van der Waals surface area contributed by atoms with Gasteiger partial charge in [-0.05, 0) is 50.9 Å². The highest BCUT2D eigenvalue weighted by Gasteiger charge is 2.21. The van der Waals surface area contributed by atoms with Crippen LogP contribution in [-0.4, -0.2) is 30.3 Å². The molecule has 0 aromatic carbocycles. The highest BCUT2D eigenvalue weighted by molar-refractivity contribution is 7.80. The van der Waals surface area contributed by atoms with E-state index in [9.17, 15) is 0 Å². The van der Waals surface area contributed by atoms with E-state index in [0.717, 1.165) is 17.7 Å². The molecule has 0 heterocycles. The van der Waals surface area contributed by atoms with E-state index in [2.05, 4.69) is 31.5 Å². The summed E-state index contributed by atoms with van der Waals surface area (Å²) in [7, 11) is 2.29. The minimum Gasteiger partial charge on any atom is -0.303 e. The summed E-state index contributed by atoms with van der Waals surface area (Å²) in [4.78, 5) is 2.57. The van der Waals surface area contributed by atoms with Crippen molar-refractivity contribution in [2.75, 3.05) is 19.3 Å². The van der Waals surface area contributed by atoms with Gasteiger partial charge in [-0.15, -0.1) is 0 Å². The van der Waals surface area contributed by atoms with Crippen LogP contribution >= 0.6 is 12.6 Å². The fourth-order valence-corrected chi connectivity index (χ4v) is 2.68. The maximum Gasteiger partial charge on any atom is 0.00947 e. The molecule has 2 atom stereocenters. The van der Waals surface area contributed by atoms with Crippen molar-refractivity contribution in [3.63, 3.8) is 0 Å². The summed E-state index contributed by atoms with van der Waals surface area (Å²) in [5, 5.41) is 0. The van der Waals surface area contributed by atoms with Gasteiger partial charge in [0.25, 0.3) is 0 Å². The molecule has 0 amide bonds. The maximum absolute atomic E-state index is 4.25. The summed E-state index contributed by atoms with van der Waals surface area (Å²) in [6, 6.07) is 0.860. The summed E-state index contributed by atoms with van der Waals surface area (Å²) in [6.45, 7) is 3.66. The molecule has 2 heteroatoms. The van der Waals surface area contributed by atoms with Crippen LogP contribution < -0.4 is 0 Å². The van der Waals surface area contributed by atoms with E-state index in [1.54, 1.807) is 0 Å². The quantitative estimate of drug-likeness (QED) is 0.544. The van der Waals surface area contributed by atoms with Gasteiger partial charge in [-0.2, -0.15) is 12.6 Å². The third-order valence-electron chi connectivity index (χ3n) is 3.45. The number of thiol groups is 1. The molecular weight excluding hydrogens is 190 g/mol. The zero-order valence-corrected chi connectivity index (χ0v) is 10.6. The van der Waals surface area contributed by atoms with E-state index < -0.39 is 0 Å². The Morgan fingerprint density at radius 3 is 2.71 bits per heavy atom. The van der Waals surface area contributed by atoms with E-state index in [-0.39, 0.29) is 0 Å². The Morgan fingerprint density at radius 1 is 1.29 bits per heavy atom. The lowest BCUT2D eigenvalue weighted by atomic mass is 9.86. The van der Waals surface area contributed by atoms with Crippen molar-refractivity contribution in [3.05, 3.63) is 0 Å².